The molecular weight excluding hydrogens is 236 g/mol. The predicted molar refractivity (Wildman–Crippen MR) is 50.7 cm³/mol. The van der Waals surface area contributed by atoms with Crippen molar-refractivity contribution in [2.75, 3.05) is 6.54 Å². The van der Waals surface area contributed by atoms with Crippen LogP contribution in [0.2, 0.25) is 0 Å². The lowest BCUT2D eigenvalue weighted by molar-refractivity contribution is -0.232. The molecule has 0 N–H and O–H groups in total. The molecule has 16 heavy (non-hydrogen) atoms. The summed E-state index contributed by atoms with van der Waals surface area (Å²) in [5, 5.41) is 0. The number of rotatable bonds is 0. The van der Waals surface area contributed by atoms with Crippen LogP contribution in [-0.4, -0.2) is 25.1 Å². The minimum Gasteiger partial charge on any atom is -0.298 e. The van der Waals surface area contributed by atoms with Crippen molar-refractivity contribution in [1.29, 1.82) is 0 Å². The fourth-order valence-corrected chi connectivity index (χ4v) is 0.684. The summed E-state index contributed by atoms with van der Waals surface area (Å²) in [6.45, 7) is 5.07. The Bertz CT molecular complexity index is 163. The second kappa shape index (κ2) is 8.41. The molecule has 0 saturated carbocycles. The molecule has 0 aliphatic carbocycles. The topological polar surface area (TPSA) is 12.4 Å². The molecule has 1 nitrogen and oxygen atoms in total. The molecule has 1 aliphatic rings. The highest BCUT2D eigenvalue weighted by molar-refractivity contribution is 5.58. The van der Waals surface area contributed by atoms with E-state index in [0.717, 1.165) is 6.54 Å². The fourth-order valence-electron chi connectivity index (χ4n) is 0.684. The molecule has 0 atom stereocenters. The van der Waals surface area contributed by atoms with Crippen LogP contribution in [0.5, 0.6) is 0 Å². The molecule has 0 spiro atoms. The van der Waals surface area contributed by atoms with Crippen molar-refractivity contribution in [1.82, 2.24) is 0 Å². The van der Waals surface area contributed by atoms with Crippen LogP contribution >= 0.6 is 0 Å². The summed E-state index contributed by atoms with van der Waals surface area (Å²) in [7, 11) is 0. The third-order valence-electron chi connectivity index (χ3n) is 1.15. The van der Waals surface area contributed by atoms with E-state index in [2.05, 4.69) is 4.99 Å². The van der Waals surface area contributed by atoms with Crippen molar-refractivity contribution in [3.8, 4) is 0 Å². The number of hydrogen-bond acceptors (Lipinski definition) is 1. The minimum absolute atomic E-state index is 1.07. The van der Waals surface area contributed by atoms with E-state index in [1.807, 2.05) is 20.1 Å². The highest BCUT2D eigenvalue weighted by Gasteiger charge is 2.43. The van der Waals surface area contributed by atoms with E-state index in [1.54, 1.807) is 0 Å². The van der Waals surface area contributed by atoms with Gasteiger partial charge in [0.2, 0.25) is 0 Å². The van der Waals surface area contributed by atoms with Gasteiger partial charge in [0.15, 0.2) is 0 Å². The van der Waals surface area contributed by atoms with E-state index in [-0.39, 0.29) is 0 Å². The molecule has 0 bridgehead atoms. The second-order valence-electron chi connectivity index (χ2n) is 2.64. The van der Waals surface area contributed by atoms with E-state index in [9.17, 15) is 26.3 Å². The van der Waals surface area contributed by atoms with Gasteiger partial charge in [-0.3, -0.25) is 4.99 Å². The van der Waals surface area contributed by atoms with Crippen LogP contribution < -0.4 is 0 Å². The Labute approximate surface area is 90.6 Å². The highest BCUT2D eigenvalue weighted by atomic mass is 19.4. The Morgan fingerprint density at radius 1 is 1.00 bits per heavy atom. The van der Waals surface area contributed by atoms with Crippen molar-refractivity contribution >= 4 is 6.21 Å². The average Bonchev–Trinajstić information content (AvgIpc) is 2.57. The molecule has 0 fully saturated rings. The SMILES string of the molecule is C1=NCCC1.CC.FC(F)(F)CC(F)(F)F. The van der Waals surface area contributed by atoms with Gasteiger partial charge in [0, 0.05) is 6.54 Å². The first kappa shape index (κ1) is 17.6. The molecule has 98 valence electrons. The van der Waals surface area contributed by atoms with Gasteiger partial charge in [-0.15, -0.1) is 0 Å². The Morgan fingerprint density at radius 3 is 1.50 bits per heavy atom. The summed E-state index contributed by atoms with van der Waals surface area (Å²) >= 11 is 0. The van der Waals surface area contributed by atoms with Crippen LogP contribution in [0, 0.1) is 0 Å². The van der Waals surface area contributed by atoms with Crippen LogP contribution in [0.4, 0.5) is 26.3 Å². The molecule has 7 heteroatoms. The predicted octanol–water partition coefficient (Wildman–Crippen LogP) is 4.38. The first-order chi connectivity index (χ1) is 7.21. The molecule has 1 rings (SSSR count). The standard InChI is InChI=1S/C4H7N.C3H2F6.C2H6/c1-2-4-5-3-1;4-2(5,6)1-3(7,8)9;1-2/h3H,1-2,4H2;1H2;1-2H3. The molecule has 0 aromatic heterocycles. The summed E-state index contributed by atoms with van der Waals surface area (Å²) in [6.07, 6.45) is -8.52. The van der Waals surface area contributed by atoms with Gasteiger partial charge in [0.1, 0.15) is 6.42 Å². The van der Waals surface area contributed by atoms with E-state index in [1.165, 1.54) is 12.8 Å². The monoisotopic (exact) mass is 251 g/mol. The number of hydrogen-bond donors (Lipinski definition) is 0. The molecule has 1 heterocycles. The van der Waals surface area contributed by atoms with Gasteiger partial charge in [-0.2, -0.15) is 26.3 Å². The molecule has 0 aromatic rings. The third-order valence-corrected chi connectivity index (χ3v) is 1.15. The lowest BCUT2D eigenvalue weighted by Crippen LogP contribution is -2.20. The largest absolute Gasteiger partial charge is 0.397 e. The number of aliphatic imine (C=N–C) groups is 1. The number of nitrogens with zero attached hydrogens (tertiary/aromatic N) is 1. The maximum atomic E-state index is 10.8. The molecule has 1 aliphatic heterocycles. The van der Waals surface area contributed by atoms with Crippen molar-refractivity contribution < 1.29 is 26.3 Å². The molecule has 0 amide bonds. The van der Waals surface area contributed by atoms with Crippen LogP contribution in [0.15, 0.2) is 4.99 Å². The number of alkyl halides is 6. The van der Waals surface area contributed by atoms with Gasteiger partial charge in [0.25, 0.3) is 0 Å². The fraction of sp³-hybridized carbons (Fsp3) is 0.889. The van der Waals surface area contributed by atoms with Crippen LogP contribution in [0.3, 0.4) is 0 Å². The zero-order valence-corrected chi connectivity index (χ0v) is 9.12. The molecule has 0 unspecified atom stereocenters. The van der Waals surface area contributed by atoms with Crippen LogP contribution in [0.1, 0.15) is 33.1 Å². The second-order valence-corrected chi connectivity index (χ2v) is 2.64. The quantitative estimate of drug-likeness (QED) is 0.566. The summed E-state index contributed by atoms with van der Waals surface area (Å²) in [5.74, 6) is 0. The normalized spacial score (nSPS) is 14.8. The van der Waals surface area contributed by atoms with E-state index < -0.39 is 18.8 Å². The van der Waals surface area contributed by atoms with E-state index in [0.29, 0.717) is 0 Å². The Balaban J connectivity index is 0. The van der Waals surface area contributed by atoms with Crippen molar-refractivity contribution in [2.24, 2.45) is 4.99 Å². The smallest absolute Gasteiger partial charge is 0.298 e. The van der Waals surface area contributed by atoms with Gasteiger partial charge in [-0.05, 0) is 19.1 Å². The minimum atomic E-state index is -5.14. The van der Waals surface area contributed by atoms with E-state index >= 15 is 0 Å². The van der Waals surface area contributed by atoms with Crippen LogP contribution in [0.25, 0.3) is 0 Å². The van der Waals surface area contributed by atoms with Crippen molar-refractivity contribution in [3.05, 3.63) is 0 Å². The van der Waals surface area contributed by atoms with Gasteiger partial charge in [0.05, 0.1) is 0 Å². The van der Waals surface area contributed by atoms with Gasteiger partial charge in [-0.1, -0.05) is 13.8 Å². The lowest BCUT2D eigenvalue weighted by Gasteiger charge is -2.08. The summed E-state index contributed by atoms with van der Waals surface area (Å²) < 4.78 is 65.0. The zero-order chi connectivity index (χ0) is 13.2. The van der Waals surface area contributed by atoms with Crippen molar-refractivity contribution in [2.45, 2.75) is 45.5 Å². The Kier molecular flexibility index (Phi) is 9.27. The highest BCUT2D eigenvalue weighted by Crippen LogP contribution is 2.31. The third kappa shape index (κ3) is 18.9. The molecule has 0 aromatic carbocycles. The lowest BCUT2D eigenvalue weighted by atomic mass is 10.4. The molecular formula is C9H15F6N. The number of halogens is 6. The Hall–Kier alpha value is -0.750. The maximum Gasteiger partial charge on any atom is 0.397 e. The van der Waals surface area contributed by atoms with Crippen molar-refractivity contribution in [3.63, 3.8) is 0 Å². The summed E-state index contributed by atoms with van der Waals surface area (Å²) in [4.78, 5) is 3.96. The maximum absolute atomic E-state index is 10.8. The molecule has 0 saturated heterocycles. The Morgan fingerprint density at radius 2 is 1.44 bits per heavy atom. The van der Waals surface area contributed by atoms with Gasteiger partial charge < -0.3 is 0 Å². The average molecular weight is 251 g/mol. The molecule has 0 radical (unpaired) electrons. The first-order valence-corrected chi connectivity index (χ1v) is 4.82. The first-order valence-electron chi connectivity index (χ1n) is 4.82. The van der Waals surface area contributed by atoms with E-state index in [4.69, 9.17) is 0 Å². The summed E-state index contributed by atoms with van der Waals surface area (Å²) in [5.41, 5.74) is 0. The van der Waals surface area contributed by atoms with Gasteiger partial charge >= 0.3 is 12.4 Å². The van der Waals surface area contributed by atoms with Gasteiger partial charge in [-0.25, -0.2) is 0 Å². The van der Waals surface area contributed by atoms with Crippen LogP contribution in [-0.2, 0) is 0 Å². The summed E-state index contributed by atoms with van der Waals surface area (Å²) in [6, 6.07) is 0. The zero-order valence-electron chi connectivity index (χ0n) is 9.12.